The van der Waals surface area contributed by atoms with E-state index in [4.69, 9.17) is 12.2 Å². The molecule has 0 bridgehead atoms. The Morgan fingerprint density at radius 3 is 2.19 bits per heavy atom. The molecule has 2 aromatic carbocycles. The van der Waals surface area contributed by atoms with Crippen LogP contribution in [0.2, 0.25) is 0 Å². The van der Waals surface area contributed by atoms with Gasteiger partial charge in [0.15, 0.2) is 5.11 Å². The lowest BCUT2D eigenvalue weighted by molar-refractivity contribution is 0.0977. The van der Waals surface area contributed by atoms with Crippen molar-refractivity contribution in [3.8, 4) is 0 Å². The van der Waals surface area contributed by atoms with E-state index in [0.29, 0.717) is 5.56 Å². The lowest BCUT2D eigenvalue weighted by Crippen LogP contribution is -2.34. The summed E-state index contributed by atoms with van der Waals surface area (Å²) in [6, 6.07) is 11.2. The molecule has 0 heterocycles. The molecule has 2 aromatic rings. The number of hydrogen-bond donors (Lipinski definition) is 2. The van der Waals surface area contributed by atoms with Gasteiger partial charge >= 0.3 is 0 Å². The highest BCUT2D eigenvalue weighted by Gasteiger charge is 2.09. The summed E-state index contributed by atoms with van der Waals surface area (Å²) < 4.78 is 12.8. The standard InChI is InChI=1S/C16H15FN2OS/c1-10-4-3-5-11(2)14(10)18-16(21)19-15(20)12-6-8-13(17)9-7-12/h3-9H,1-2H3,(H2,18,19,20,21). The van der Waals surface area contributed by atoms with Crippen LogP contribution >= 0.6 is 12.2 Å². The van der Waals surface area contributed by atoms with Gasteiger partial charge < -0.3 is 5.32 Å². The van der Waals surface area contributed by atoms with Crippen molar-refractivity contribution >= 4 is 28.9 Å². The third-order valence-corrected chi connectivity index (χ3v) is 3.26. The number of para-hydroxylation sites is 1. The summed E-state index contributed by atoms with van der Waals surface area (Å²) in [6.07, 6.45) is 0. The van der Waals surface area contributed by atoms with Crippen molar-refractivity contribution in [3.63, 3.8) is 0 Å². The van der Waals surface area contributed by atoms with E-state index in [1.54, 1.807) is 0 Å². The number of amides is 1. The topological polar surface area (TPSA) is 41.1 Å². The average Bonchev–Trinajstić information content (AvgIpc) is 2.43. The highest BCUT2D eigenvalue weighted by Crippen LogP contribution is 2.19. The first-order valence-corrected chi connectivity index (χ1v) is 6.82. The van der Waals surface area contributed by atoms with Crippen LogP contribution in [0.5, 0.6) is 0 Å². The molecule has 0 atom stereocenters. The zero-order chi connectivity index (χ0) is 15.4. The number of carbonyl (C=O) groups excluding carboxylic acids is 1. The first kappa shape index (κ1) is 15.1. The van der Waals surface area contributed by atoms with Gasteiger partial charge in [-0.25, -0.2) is 4.39 Å². The largest absolute Gasteiger partial charge is 0.332 e. The van der Waals surface area contributed by atoms with Crippen molar-refractivity contribution in [1.82, 2.24) is 5.32 Å². The number of benzene rings is 2. The fourth-order valence-corrected chi connectivity index (χ4v) is 2.13. The fourth-order valence-electron chi connectivity index (χ4n) is 1.93. The quantitative estimate of drug-likeness (QED) is 0.833. The molecular weight excluding hydrogens is 287 g/mol. The van der Waals surface area contributed by atoms with E-state index in [1.165, 1.54) is 24.3 Å². The van der Waals surface area contributed by atoms with Gasteiger partial charge in [0, 0.05) is 11.3 Å². The van der Waals surface area contributed by atoms with Crippen LogP contribution in [-0.2, 0) is 0 Å². The third kappa shape index (κ3) is 3.86. The molecule has 0 aliphatic heterocycles. The molecule has 21 heavy (non-hydrogen) atoms. The Bertz CT molecular complexity index is 663. The van der Waals surface area contributed by atoms with Crippen LogP contribution in [0.1, 0.15) is 21.5 Å². The summed E-state index contributed by atoms with van der Waals surface area (Å²) in [5.74, 6) is -0.762. The molecule has 0 saturated carbocycles. The van der Waals surface area contributed by atoms with Gasteiger partial charge in [0.2, 0.25) is 0 Å². The highest BCUT2D eigenvalue weighted by molar-refractivity contribution is 7.80. The van der Waals surface area contributed by atoms with E-state index in [-0.39, 0.29) is 16.8 Å². The van der Waals surface area contributed by atoms with Gasteiger partial charge in [-0.05, 0) is 61.5 Å². The van der Waals surface area contributed by atoms with E-state index >= 15 is 0 Å². The van der Waals surface area contributed by atoms with Gasteiger partial charge in [-0.1, -0.05) is 18.2 Å². The number of aryl methyl sites for hydroxylation is 2. The molecule has 5 heteroatoms. The smallest absolute Gasteiger partial charge is 0.257 e. The third-order valence-electron chi connectivity index (χ3n) is 3.05. The Morgan fingerprint density at radius 2 is 1.62 bits per heavy atom. The Balaban J connectivity index is 2.05. The van der Waals surface area contributed by atoms with Gasteiger partial charge in [-0.15, -0.1) is 0 Å². The van der Waals surface area contributed by atoms with Crippen LogP contribution in [0.25, 0.3) is 0 Å². The van der Waals surface area contributed by atoms with Crippen LogP contribution in [0.15, 0.2) is 42.5 Å². The van der Waals surface area contributed by atoms with E-state index in [0.717, 1.165) is 16.8 Å². The molecule has 2 N–H and O–H groups in total. The van der Waals surface area contributed by atoms with Crippen LogP contribution in [0, 0.1) is 19.7 Å². The number of nitrogens with one attached hydrogen (secondary N) is 2. The Hall–Kier alpha value is -2.27. The van der Waals surface area contributed by atoms with E-state index in [2.05, 4.69) is 10.6 Å². The number of rotatable bonds is 2. The highest BCUT2D eigenvalue weighted by atomic mass is 32.1. The second kappa shape index (κ2) is 6.45. The molecule has 0 radical (unpaired) electrons. The molecule has 0 aliphatic carbocycles. The molecule has 0 unspecified atom stereocenters. The van der Waals surface area contributed by atoms with Crippen molar-refractivity contribution in [2.24, 2.45) is 0 Å². The summed E-state index contributed by atoms with van der Waals surface area (Å²) in [5.41, 5.74) is 3.30. The number of carbonyl (C=O) groups is 1. The van der Waals surface area contributed by atoms with Crippen LogP contribution in [0.3, 0.4) is 0 Å². The minimum absolute atomic E-state index is 0.210. The predicted molar refractivity (Wildman–Crippen MR) is 86.0 cm³/mol. The summed E-state index contributed by atoms with van der Waals surface area (Å²) in [6.45, 7) is 3.92. The number of anilines is 1. The first-order chi connectivity index (χ1) is 9.97. The summed E-state index contributed by atoms with van der Waals surface area (Å²) >= 11 is 5.14. The molecule has 1 amide bonds. The van der Waals surface area contributed by atoms with Gasteiger partial charge in [0.05, 0.1) is 0 Å². The van der Waals surface area contributed by atoms with E-state index in [1.807, 2.05) is 32.0 Å². The molecule has 0 saturated heterocycles. The normalized spacial score (nSPS) is 10.0. The Morgan fingerprint density at radius 1 is 1.05 bits per heavy atom. The summed E-state index contributed by atoms with van der Waals surface area (Å²) in [7, 11) is 0. The molecule has 108 valence electrons. The lowest BCUT2D eigenvalue weighted by atomic mass is 10.1. The molecule has 0 fully saturated rings. The maximum atomic E-state index is 12.8. The molecule has 0 spiro atoms. The summed E-state index contributed by atoms with van der Waals surface area (Å²) in [5, 5.41) is 5.80. The molecule has 0 aliphatic rings. The van der Waals surface area contributed by atoms with Crippen molar-refractivity contribution in [1.29, 1.82) is 0 Å². The van der Waals surface area contributed by atoms with E-state index in [9.17, 15) is 9.18 Å². The summed E-state index contributed by atoms with van der Waals surface area (Å²) in [4.78, 5) is 12.0. The van der Waals surface area contributed by atoms with Crippen molar-refractivity contribution in [2.75, 3.05) is 5.32 Å². The molecule has 0 aromatic heterocycles. The number of thiocarbonyl (C=S) groups is 1. The minimum Gasteiger partial charge on any atom is -0.332 e. The molecule has 3 nitrogen and oxygen atoms in total. The first-order valence-electron chi connectivity index (χ1n) is 6.41. The maximum absolute atomic E-state index is 12.8. The van der Waals surface area contributed by atoms with E-state index < -0.39 is 0 Å². The zero-order valence-corrected chi connectivity index (χ0v) is 12.6. The number of hydrogen-bond acceptors (Lipinski definition) is 2. The van der Waals surface area contributed by atoms with Crippen molar-refractivity contribution in [2.45, 2.75) is 13.8 Å². The van der Waals surface area contributed by atoms with Crippen LogP contribution in [0.4, 0.5) is 10.1 Å². The van der Waals surface area contributed by atoms with Gasteiger partial charge in [0.1, 0.15) is 5.82 Å². The second-order valence-corrected chi connectivity index (χ2v) is 5.09. The Labute approximate surface area is 128 Å². The maximum Gasteiger partial charge on any atom is 0.257 e. The fraction of sp³-hybridized carbons (Fsp3) is 0.125. The van der Waals surface area contributed by atoms with Gasteiger partial charge in [-0.2, -0.15) is 0 Å². The molecule has 2 rings (SSSR count). The number of halogens is 1. The SMILES string of the molecule is Cc1cccc(C)c1NC(=S)NC(=O)c1ccc(F)cc1. The zero-order valence-electron chi connectivity index (χ0n) is 11.7. The molecular formula is C16H15FN2OS. The van der Waals surface area contributed by atoms with Crippen LogP contribution in [-0.4, -0.2) is 11.0 Å². The average molecular weight is 302 g/mol. The second-order valence-electron chi connectivity index (χ2n) is 4.68. The van der Waals surface area contributed by atoms with Crippen LogP contribution < -0.4 is 10.6 Å². The monoisotopic (exact) mass is 302 g/mol. The van der Waals surface area contributed by atoms with Crippen molar-refractivity contribution in [3.05, 3.63) is 65.0 Å². The minimum atomic E-state index is -0.386. The van der Waals surface area contributed by atoms with Gasteiger partial charge in [0.25, 0.3) is 5.91 Å². The predicted octanol–water partition coefficient (Wildman–Crippen LogP) is 3.57. The van der Waals surface area contributed by atoms with Crippen molar-refractivity contribution < 1.29 is 9.18 Å². The van der Waals surface area contributed by atoms with Gasteiger partial charge in [-0.3, -0.25) is 10.1 Å². The Kier molecular flexibility index (Phi) is 4.65. The lowest BCUT2D eigenvalue weighted by Gasteiger charge is -2.14.